The summed E-state index contributed by atoms with van der Waals surface area (Å²) in [6, 6.07) is 18.2. The summed E-state index contributed by atoms with van der Waals surface area (Å²) in [5.74, 6) is -7.91. The van der Waals surface area contributed by atoms with Crippen LogP contribution in [0.3, 0.4) is 0 Å². The molecule has 0 aromatic heterocycles. The molecule has 3 aromatic carbocycles. The van der Waals surface area contributed by atoms with E-state index < -0.39 is 70.5 Å². The first-order chi connectivity index (χ1) is 22.1. The molecule has 46 heavy (non-hydrogen) atoms. The molecule has 12 heteroatoms. The molecule has 2 N–H and O–H groups in total. The van der Waals surface area contributed by atoms with Crippen LogP contribution in [-0.4, -0.2) is 51.8 Å². The van der Waals surface area contributed by atoms with Gasteiger partial charge in [-0.2, -0.15) is 9.91 Å². The number of hydrogen-bond acceptors (Lipinski definition) is 8. The number of phenols is 1. The summed E-state index contributed by atoms with van der Waals surface area (Å²) < 4.78 is 18.5. The van der Waals surface area contributed by atoms with Gasteiger partial charge in [-0.3, -0.25) is 24.6 Å². The average Bonchev–Trinajstić information content (AvgIpc) is 3.43. The fourth-order valence-electron chi connectivity index (χ4n) is 8.00. The lowest BCUT2D eigenvalue weighted by Gasteiger charge is -2.50. The molecule has 4 aliphatic rings. The molecular formula is C34H27ClFN3O7. The van der Waals surface area contributed by atoms with Crippen LogP contribution in [0, 0.1) is 29.5 Å². The number of halogens is 2. The summed E-state index contributed by atoms with van der Waals surface area (Å²) in [7, 11) is 1.08. The number of rotatable bonds is 4. The maximum absolute atomic E-state index is 15.0. The Morgan fingerprint density at radius 1 is 0.957 bits per heavy atom. The van der Waals surface area contributed by atoms with E-state index in [4.69, 9.17) is 16.3 Å². The summed E-state index contributed by atoms with van der Waals surface area (Å²) in [5.41, 5.74) is 2.93. The van der Waals surface area contributed by atoms with Crippen LogP contribution in [0.25, 0.3) is 0 Å². The summed E-state index contributed by atoms with van der Waals surface area (Å²) in [4.78, 5) is 69.6. The molecule has 3 aromatic rings. The van der Waals surface area contributed by atoms with Crippen LogP contribution < -0.4 is 5.43 Å². The Morgan fingerprint density at radius 2 is 1.65 bits per heavy atom. The number of likely N-dealkylation sites (tertiary alicyclic amines) is 1. The van der Waals surface area contributed by atoms with Crippen molar-refractivity contribution in [3.05, 3.63) is 106 Å². The van der Waals surface area contributed by atoms with Gasteiger partial charge in [0.2, 0.25) is 11.8 Å². The van der Waals surface area contributed by atoms with Crippen LogP contribution >= 0.6 is 11.6 Å². The molecule has 2 heterocycles. The number of allylic oxidation sites excluding steroid dienone is 2. The molecule has 0 bridgehead atoms. The van der Waals surface area contributed by atoms with E-state index in [1.54, 1.807) is 48.5 Å². The largest absolute Gasteiger partial charge is 0.508 e. The van der Waals surface area contributed by atoms with E-state index in [1.165, 1.54) is 30.3 Å². The van der Waals surface area contributed by atoms with Crippen LogP contribution in [0.1, 0.15) is 29.9 Å². The van der Waals surface area contributed by atoms with Gasteiger partial charge in [0.15, 0.2) is 0 Å². The number of methoxy groups -OCH3 is 1. The number of hydrogen-bond donors (Lipinski definition) is 2. The number of carbonyl (C=O) groups excluding carboxylic acids is 5. The first-order valence-electron chi connectivity index (χ1n) is 14.7. The van der Waals surface area contributed by atoms with Gasteiger partial charge in [-0.25, -0.2) is 9.18 Å². The normalized spacial score (nSPS) is 28.4. The van der Waals surface area contributed by atoms with Crippen molar-refractivity contribution in [3.8, 4) is 5.75 Å². The summed E-state index contributed by atoms with van der Waals surface area (Å²) in [6.07, 6.45) is 0.798. The van der Waals surface area contributed by atoms with Crippen LogP contribution in [-0.2, 0) is 29.3 Å². The molecule has 1 saturated carbocycles. The number of para-hydroxylation sites is 1. The molecule has 7 rings (SSSR count). The van der Waals surface area contributed by atoms with E-state index >= 15 is 0 Å². The molecule has 3 fully saturated rings. The van der Waals surface area contributed by atoms with Crippen LogP contribution in [0.5, 0.6) is 5.75 Å². The zero-order valence-corrected chi connectivity index (χ0v) is 25.1. The molecular weight excluding hydrogens is 617 g/mol. The van der Waals surface area contributed by atoms with E-state index in [1.807, 2.05) is 0 Å². The van der Waals surface area contributed by atoms with Crippen molar-refractivity contribution in [2.45, 2.75) is 24.2 Å². The zero-order valence-electron chi connectivity index (χ0n) is 24.4. The Bertz CT molecular complexity index is 1850. The van der Waals surface area contributed by atoms with Gasteiger partial charge < -0.3 is 9.84 Å². The molecule has 2 aliphatic carbocycles. The van der Waals surface area contributed by atoms with E-state index in [2.05, 4.69) is 5.43 Å². The zero-order chi connectivity index (χ0) is 32.5. The molecule has 0 unspecified atom stereocenters. The number of benzene rings is 3. The predicted octanol–water partition coefficient (Wildman–Crippen LogP) is 4.94. The molecule has 2 aliphatic heterocycles. The molecule has 5 amide bonds. The maximum atomic E-state index is 15.0. The Morgan fingerprint density at radius 3 is 2.33 bits per heavy atom. The third kappa shape index (κ3) is 4.11. The Hall–Kier alpha value is -5.03. The van der Waals surface area contributed by atoms with Gasteiger partial charge in [-0.15, -0.1) is 0 Å². The van der Waals surface area contributed by atoms with Crippen LogP contribution in [0.4, 0.5) is 14.9 Å². The number of anilines is 1. The number of hydrazine groups is 1. The predicted molar refractivity (Wildman–Crippen MR) is 161 cm³/mol. The smallest absolute Gasteiger partial charge is 0.423 e. The average molecular weight is 644 g/mol. The standard InChI is InChI=1S/C34H27ClFN3O7/c1-46-33(45)38-29(41)23-15-14-21-24(27(23)31(38)43)16-25-30(42)39(37-20-12-10-19(36)11-13-20)32(44)34(25,17-6-8-18(35)9-7-17)28(21)22-4-2-3-5-26(22)40/h2-14,23-25,27-28,37,40H,15-16H2,1H3/t23-,24+,25-,27-,28+,34+/m0/s1. The number of imide groups is 4. The topological polar surface area (TPSA) is 133 Å². The third-order valence-corrected chi connectivity index (χ3v) is 10.1. The van der Waals surface area contributed by atoms with E-state index in [0.29, 0.717) is 26.6 Å². The Labute approximate surface area is 267 Å². The third-order valence-electron chi connectivity index (χ3n) is 9.86. The van der Waals surface area contributed by atoms with Crippen molar-refractivity contribution in [2.24, 2.45) is 23.7 Å². The highest BCUT2D eigenvalue weighted by Gasteiger charge is 2.71. The SMILES string of the molecule is COC(=O)N1C(=O)[C@H]2[C@H](CC=C3[C@H]2C[C@H]2C(=O)N(Nc4ccc(F)cc4)C(=O)[C@@]2(c2ccc(Cl)cc2)[C@H]3c2ccccc2O)C1=O. The van der Waals surface area contributed by atoms with Crippen molar-refractivity contribution < 1.29 is 38.2 Å². The summed E-state index contributed by atoms with van der Waals surface area (Å²) in [5, 5.41) is 12.6. The number of ether oxygens (including phenoxy) is 1. The first-order valence-corrected chi connectivity index (χ1v) is 15.1. The first kappa shape index (κ1) is 29.7. The lowest BCUT2D eigenvalue weighted by molar-refractivity contribution is -0.140. The summed E-state index contributed by atoms with van der Waals surface area (Å²) >= 11 is 6.27. The van der Waals surface area contributed by atoms with Gasteiger partial charge >= 0.3 is 6.09 Å². The molecule has 6 atom stereocenters. The van der Waals surface area contributed by atoms with E-state index in [0.717, 1.165) is 12.1 Å². The quantitative estimate of drug-likeness (QED) is 0.302. The van der Waals surface area contributed by atoms with Crippen LogP contribution in [0.2, 0.25) is 5.02 Å². The lowest BCUT2D eigenvalue weighted by atomic mass is 9.49. The minimum absolute atomic E-state index is 0.0140. The van der Waals surface area contributed by atoms with Gasteiger partial charge in [0.05, 0.1) is 36.0 Å². The molecule has 234 valence electrons. The number of fused-ring (bicyclic) bond motifs is 4. The second-order valence-electron chi connectivity index (χ2n) is 11.9. The number of aromatic hydroxyl groups is 1. The Kier molecular flexibility index (Phi) is 6.97. The van der Waals surface area contributed by atoms with E-state index in [9.17, 15) is 33.5 Å². The molecule has 2 saturated heterocycles. The highest BCUT2D eigenvalue weighted by molar-refractivity contribution is 6.30. The van der Waals surface area contributed by atoms with Gasteiger partial charge in [-0.05, 0) is 66.8 Å². The second-order valence-corrected chi connectivity index (χ2v) is 12.4. The highest BCUT2D eigenvalue weighted by atomic mass is 35.5. The van der Waals surface area contributed by atoms with Crippen molar-refractivity contribution in [1.82, 2.24) is 9.91 Å². The van der Waals surface area contributed by atoms with Gasteiger partial charge in [-0.1, -0.05) is 53.6 Å². The molecule has 0 spiro atoms. The number of amides is 5. The van der Waals surface area contributed by atoms with Crippen molar-refractivity contribution >= 4 is 47.0 Å². The minimum Gasteiger partial charge on any atom is -0.508 e. The molecule has 10 nitrogen and oxygen atoms in total. The van der Waals surface area contributed by atoms with Gasteiger partial charge in [0.25, 0.3) is 11.8 Å². The highest BCUT2D eigenvalue weighted by Crippen LogP contribution is 2.64. The number of nitrogens with one attached hydrogen (secondary N) is 1. The number of carbonyl (C=O) groups is 5. The fourth-order valence-corrected chi connectivity index (χ4v) is 8.13. The van der Waals surface area contributed by atoms with Gasteiger partial charge in [0, 0.05) is 16.5 Å². The van der Waals surface area contributed by atoms with Crippen molar-refractivity contribution in [1.29, 1.82) is 0 Å². The second kappa shape index (κ2) is 10.8. The van der Waals surface area contributed by atoms with Crippen LogP contribution in [0.15, 0.2) is 84.4 Å². The van der Waals surface area contributed by atoms with Crippen molar-refractivity contribution in [3.63, 3.8) is 0 Å². The maximum Gasteiger partial charge on any atom is 0.423 e. The molecule has 0 radical (unpaired) electrons. The minimum atomic E-state index is -1.63. The van der Waals surface area contributed by atoms with Gasteiger partial charge in [0.1, 0.15) is 11.6 Å². The lowest BCUT2D eigenvalue weighted by Crippen LogP contribution is -2.53. The number of phenolic OH excluding ortho intramolecular Hbond substituents is 1. The summed E-state index contributed by atoms with van der Waals surface area (Å²) in [6.45, 7) is 0. The van der Waals surface area contributed by atoms with E-state index in [-0.39, 0.29) is 24.3 Å². The Balaban J connectivity index is 1.45. The monoisotopic (exact) mass is 643 g/mol. The number of nitrogens with zero attached hydrogens (tertiary/aromatic N) is 2. The fraction of sp³-hybridized carbons (Fsp3) is 0.265. The van der Waals surface area contributed by atoms with Crippen molar-refractivity contribution in [2.75, 3.05) is 12.5 Å².